The molecule has 0 saturated carbocycles. The molecule has 1 aromatic rings. The number of hydrogen-bond donors (Lipinski definition) is 0. The first-order chi connectivity index (χ1) is 10.1. The Kier molecular flexibility index (Phi) is 5.47. The third kappa shape index (κ3) is 4.12. The molecular formula is C13H14N4O2S2. The van der Waals surface area contributed by atoms with E-state index in [0.29, 0.717) is 9.35 Å². The highest BCUT2D eigenvalue weighted by molar-refractivity contribution is 8.22. The van der Waals surface area contributed by atoms with Crippen LogP contribution < -0.4 is 0 Å². The Morgan fingerprint density at radius 3 is 2.67 bits per heavy atom. The van der Waals surface area contributed by atoms with Crippen LogP contribution in [0.15, 0.2) is 17.3 Å². The van der Waals surface area contributed by atoms with E-state index < -0.39 is 4.92 Å². The Labute approximate surface area is 132 Å². The number of likely N-dealkylation sites (tertiary alicyclic amines) is 1. The molecule has 0 atom stereocenters. The normalized spacial score (nSPS) is 15.1. The first kappa shape index (κ1) is 15.7. The summed E-state index contributed by atoms with van der Waals surface area (Å²) in [5.74, 6) is 0. The molecule has 0 aromatic carbocycles. The van der Waals surface area contributed by atoms with Crippen LogP contribution in [0.2, 0.25) is 0 Å². The fourth-order valence-corrected chi connectivity index (χ4v) is 3.32. The Morgan fingerprint density at radius 2 is 2.10 bits per heavy atom. The van der Waals surface area contributed by atoms with E-state index in [0.717, 1.165) is 32.1 Å². The summed E-state index contributed by atoms with van der Waals surface area (Å²) in [7, 11) is 0. The molecule has 1 aliphatic rings. The van der Waals surface area contributed by atoms with Crippen molar-refractivity contribution in [3.8, 4) is 6.07 Å². The van der Waals surface area contributed by atoms with E-state index in [4.69, 9.17) is 17.5 Å². The topological polar surface area (TPSA) is 83.1 Å². The lowest BCUT2D eigenvalue weighted by molar-refractivity contribution is -0.385. The van der Waals surface area contributed by atoms with Gasteiger partial charge in [0.1, 0.15) is 21.6 Å². The third-order valence-electron chi connectivity index (χ3n) is 3.22. The number of nitro groups is 1. The summed E-state index contributed by atoms with van der Waals surface area (Å²) in [4.78, 5) is 16.3. The molecule has 1 aromatic heterocycles. The van der Waals surface area contributed by atoms with Gasteiger partial charge in [0.15, 0.2) is 0 Å². The second kappa shape index (κ2) is 7.33. The van der Waals surface area contributed by atoms with E-state index in [1.165, 1.54) is 30.7 Å². The first-order valence-electron chi connectivity index (χ1n) is 6.63. The van der Waals surface area contributed by atoms with Crippen LogP contribution in [0.1, 0.15) is 31.2 Å². The molecule has 0 unspecified atom stereocenters. The highest BCUT2D eigenvalue weighted by Gasteiger charge is 2.18. The Bertz CT molecular complexity index is 592. The van der Waals surface area contributed by atoms with E-state index in [1.807, 2.05) is 6.07 Å². The first-order valence-corrected chi connectivity index (χ1v) is 7.85. The van der Waals surface area contributed by atoms with Crippen molar-refractivity contribution < 1.29 is 4.92 Å². The number of rotatable bonds is 2. The minimum atomic E-state index is -0.560. The summed E-state index contributed by atoms with van der Waals surface area (Å²) < 4.78 is 0.676. The molecule has 0 amide bonds. The van der Waals surface area contributed by atoms with E-state index in [1.54, 1.807) is 0 Å². The van der Waals surface area contributed by atoms with Gasteiger partial charge in [-0.25, -0.2) is 4.98 Å². The number of nitriles is 1. The number of thioether (sulfide) groups is 1. The Hall–Kier alpha value is -1.72. The maximum atomic E-state index is 10.7. The zero-order chi connectivity index (χ0) is 15.2. The van der Waals surface area contributed by atoms with Crippen LogP contribution in [0.5, 0.6) is 0 Å². The third-order valence-corrected chi connectivity index (χ3v) is 4.68. The van der Waals surface area contributed by atoms with Gasteiger partial charge in [0.2, 0.25) is 0 Å². The minimum absolute atomic E-state index is 0.184. The minimum Gasteiger partial charge on any atom is -0.357 e. The molecule has 1 fully saturated rings. The Morgan fingerprint density at radius 1 is 1.43 bits per heavy atom. The predicted octanol–water partition coefficient (Wildman–Crippen LogP) is 3.11. The lowest BCUT2D eigenvalue weighted by Gasteiger charge is -2.22. The molecule has 2 rings (SSSR count). The lowest BCUT2D eigenvalue weighted by atomic mass is 10.2. The van der Waals surface area contributed by atoms with Gasteiger partial charge in [0.05, 0.1) is 10.5 Å². The molecule has 1 saturated heterocycles. The summed E-state index contributed by atoms with van der Waals surface area (Å²) >= 11 is 6.65. The molecular weight excluding hydrogens is 308 g/mol. The molecule has 0 N–H and O–H groups in total. The standard InChI is InChI=1S/C13H14N4O2S2/c14-8-10-7-11(17(18)19)9-15-12(10)21-13(20)16-5-3-1-2-4-6-16/h7,9H,1-6H2. The second-order valence-corrected chi connectivity index (χ2v) is 6.31. The van der Waals surface area contributed by atoms with E-state index in [-0.39, 0.29) is 11.3 Å². The summed E-state index contributed by atoms with van der Waals surface area (Å²) in [6.45, 7) is 1.83. The molecule has 0 bridgehead atoms. The average molecular weight is 322 g/mol. The quantitative estimate of drug-likeness (QED) is 0.358. The maximum absolute atomic E-state index is 10.7. The molecule has 8 heteroatoms. The number of aromatic nitrogens is 1. The van der Waals surface area contributed by atoms with Crippen LogP contribution in [-0.2, 0) is 0 Å². The van der Waals surface area contributed by atoms with Gasteiger partial charge in [-0.15, -0.1) is 0 Å². The van der Waals surface area contributed by atoms with E-state index in [2.05, 4.69) is 9.88 Å². The molecule has 21 heavy (non-hydrogen) atoms. The summed E-state index contributed by atoms with van der Waals surface area (Å²) in [6, 6.07) is 3.18. The lowest BCUT2D eigenvalue weighted by Crippen LogP contribution is -2.28. The fraction of sp³-hybridized carbons (Fsp3) is 0.462. The Balaban J connectivity index is 2.13. The molecule has 0 radical (unpaired) electrons. The number of nitrogens with zero attached hydrogens (tertiary/aromatic N) is 4. The van der Waals surface area contributed by atoms with Crippen molar-refractivity contribution in [3.63, 3.8) is 0 Å². The predicted molar refractivity (Wildman–Crippen MR) is 84.1 cm³/mol. The number of hydrogen-bond acceptors (Lipinski definition) is 6. The van der Waals surface area contributed by atoms with Crippen molar-refractivity contribution in [1.82, 2.24) is 9.88 Å². The van der Waals surface area contributed by atoms with Crippen LogP contribution in [0.4, 0.5) is 5.69 Å². The summed E-state index contributed by atoms with van der Waals surface area (Å²) in [5, 5.41) is 20.2. The van der Waals surface area contributed by atoms with Gasteiger partial charge < -0.3 is 4.90 Å². The van der Waals surface area contributed by atoms with Crippen LogP contribution in [0.25, 0.3) is 0 Å². The largest absolute Gasteiger partial charge is 0.357 e. The zero-order valence-corrected chi connectivity index (χ0v) is 13.0. The van der Waals surface area contributed by atoms with Crippen molar-refractivity contribution >= 4 is 34.0 Å². The highest BCUT2D eigenvalue weighted by Crippen LogP contribution is 2.27. The van der Waals surface area contributed by atoms with Gasteiger partial charge in [-0.05, 0) is 24.6 Å². The SMILES string of the molecule is N#Cc1cc([N+](=O)[O-])cnc1SC(=S)N1CCCCCC1. The average Bonchev–Trinajstić information content (AvgIpc) is 2.76. The highest BCUT2D eigenvalue weighted by atomic mass is 32.2. The van der Waals surface area contributed by atoms with Crippen LogP contribution in [-0.4, -0.2) is 32.2 Å². The fourth-order valence-electron chi connectivity index (χ4n) is 2.10. The molecule has 2 heterocycles. The van der Waals surface area contributed by atoms with Gasteiger partial charge in [0, 0.05) is 19.2 Å². The second-order valence-electron chi connectivity index (χ2n) is 4.68. The van der Waals surface area contributed by atoms with Gasteiger partial charge in [0.25, 0.3) is 5.69 Å². The zero-order valence-electron chi connectivity index (χ0n) is 11.3. The molecule has 110 valence electrons. The van der Waals surface area contributed by atoms with Gasteiger partial charge in [-0.3, -0.25) is 10.1 Å². The van der Waals surface area contributed by atoms with Crippen LogP contribution in [0.3, 0.4) is 0 Å². The van der Waals surface area contributed by atoms with Crippen LogP contribution in [0, 0.1) is 21.4 Å². The van der Waals surface area contributed by atoms with Gasteiger partial charge in [-0.2, -0.15) is 5.26 Å². The number of thiocarbonyl (C=S) groups is 1. The monoisotopic (exact) mass is 322 g/mol. The van der Waals surface area contributed by atoms with Gasteiger partial charge in [-0.1, -0.05) is 25.1 Å². The molecule has 0 spiro atoms. The number of pyridine rings is 1. The van der Waals surface area contributed by atoms with E-state index in [9.17, 15) is 10.1 Å². The van der Waals surface area contributed by atoms with Crippen molar-refractivity contribution in [2.75, 3.05) is 13.1 Å². The smallest absolute Gasteiger partial charge is 0.288 e. The van der Waals surface area contributed by atoms with Crippen molar-refractivity contribution in [2.24, 2.45) is 0 Å². The van der Waals surface area contributed by atoms with Crippen molar-refractivity contribution in [3.05, 3.63) is 27.9 Å². The van der Waals surface area contributed by atoms with Gasteiger partial charge >= 0.3 is 0 Å². The van der Waals surface area contributed by atoms with Crippen molar-refractivity contribution in [1.29, 1.82) is 5.26 Å². The summed E-state index contributed by atoms with van der Waals surface area (Å²) in [5.41, 5.74) is 0.00274. The molecule has 6 nitrogen and oxygen atoms in total. The molecule has 1 aliphatic heterocycles. The maximum Gasteiger partial charge on any atom is 0.288 e. The van der Waals surface area contributed by atoms with Crippen LogP contribution >= 0.6 is 24.0 Å². The summed E-state index contributed by atoms with van der Waals surface area (Å²) in [6.07, 6.45) is 5.80. The van der Waals surface area contributed by atoms with Crippen molar-refractivity contribution in [2.45, 2.75) is 30.7 Å². The van der Waals surface area contributed by atoms with E-state index >= 15 is 0 Å². The molecule has 0 aliphatic carbocycles.